The number of hydrogen-bond acceptors (Lipinski definition) is 4. The molecule has 2 aromatic carbocycles. The third-order valence-electron chi connectivity index (χ3n) is 5.35. The van der Waals surface area contributed by atoms with Crippen molar-refractivity contribution in [2.24, 2.45) is 0 Å². The zero-order valence-corrected chi connectivity index (χ0v) is 20.1. The zero-order valence-electron chi connectivity index (χ0n) is 18.5. The number of fused-ring (bicyclic) bond motifs is 1. The summed E-state index contributed by atoms with van der Waals surface area (Å²) in [6.45, 7) is 2.16. The van der Waals surface area contributed by atoms with E-state index in [2.05, 4.69) is 9.97 Å². The summed E-state index contributed by atoms with van der Waals surface area (Å²) in [5, 5.41) is 0.478. The lowest BCUT2D eigenvalue weighted by molar-refractivity contribution is -0.143. The molecule has 36 heavy (non-hydrogen) atoms. The number of aromatic nitrogens is 3. The van der Waals surface area contributed by atoms with Crippen LogP contribution in [0.25, 0.3) is 10.2 Å². The van der Waals surface area contributed by atoms with Crippen molar-refractivity contribution in [3.8, 4) is 0 Å². The number of halogens is 7. The van der Waals surface area contributed by atoms with E-state index in [-0.39, 0.29) is 17.7 Å². The number of aryl methyl sites for hydroxylation is 2. The van der Waals surface area contributed by atoms with Gasteiger partial charge in [0.2, 0.25) is 0 Å². The van der Waals surface area contributed by atoms with Crippen LogP contribution in [-0.4, -0.2) is 27.0 Å². The molecule has 0 radical (unpaired) electrons. The summed E-state index contributed by atoms with van der Waals surface area (Å²) in [5.41, 5.74) is -2.64. The average Bonchev–Trinajstić information content (AvgIpc) is 3.48. The summed E-state index contributed by atoms with van der Waals surface area (Å²) in [6, 6.07) is 4.20. The maximum absolute atomic E-state index is 13.4. The minimum absolute atomic E-state index is 0.0129. The van der Waals surface area contributed by atoms with Gasteiger partial charge in [-0.1, -0.05) is 29.0 Å². The van der Waals surface area contributed by atoms with E-state index in [0.717, 1.165) is 21.8 Å². The van der Waals surface area contributed by atoms with Crippen molar-refractivity contribution in [2.45, 2.75) is 32.2 Å². The molecule has 0 bridgehead atoms. The standard InChI is InChI=1S/C23H17ClF6N4OS/c1-13-3-4-17(24)19-18(13)32-21(36-19)34(7-2-6-33-8-5-31-12-33)20(35)14-9-15(22(25,26)27)11-16(10-14)23(28,29)30/h3-5,8-12H,2,6-7H2,1H3. The molecule has 4 aromatic rings. The fourth-order valence-electron chi connectivity index (χ4n) is 3.55. The number of imidazole rings is 1. The summed E-state index contributed by atoms with van der Waals surface area (Å²) in [6.07, 6.45) is -5.03. The molecule has 2 heterocycles. The number of carbonyl (C=O) groups excluding carboxylic acids is 1. The Morgan fingerprint density at radius 2 is 1.75 bits per heavy atom. The van der Waals surface area contributed by atoms with Crippen molar-refractivity contribution in [2.75, 3.05) is 11.4 Å². The third kappa shape index (κ3) is 5.49. The number of anilines is 1. The molecule has 0 spiro atoms. The Kier molecular flexibility index (Phi) is 7.02. The molecule has 190 valence electrons. The van der Waals surface area contributed by atoms with Gasteiger partial charge in [-0.3, -0.25) is 9.69 Å². The van der Waals surface area contributed by atoms with Gasteiger partial charge in [0.25, 0.3) is 5.91 Å². The molecule has 0 saturated heterocycles. The van der Waals surface area contributed by atoms with Crippen LogP contribution in [0.4, 0.5) is 31.5 Å². The van der Waals surface area contributed by atoms with Gasteiger partial charge < -0.3 is 4.57 Å². The van der Waals surface area contributed by atoms with Crippen LogP contribution in [0.3, 0.4) is 0 Å². The van der Waals surface area contributed by atoms with Gasteiger partial charge in [-0.05, 0) is 43.2 Å². The Hall–Kier alpha value is -3.12. The van der Waals surface area contributed by atoms with Crippen molar-refractivity contribution in [3.05, 3.63) is 76.3 Å². The summed E-state index contributed by atoms with van der Waals surface area (Å²) >= 11 is 7.30. The van der Waals surface area contributed by atoms with Gasteiger partial charge in [0.05, 0.1) is 32.7 Å². The molecule has 0 aliphatic heterocycles. The van der Waals surface area contributed by atoms with Gasteiger partial charge in [-0.25, -0.2) is 9.97 Å². The van der Waals surface area contributed by atoms with Crippen molar-refractivity contribution in [1.29, 1.82) is 0 Å². The van der Waals surface area contributed by atoms with Crippen LogP contribution in [0.1, 0.15) is 33.5 Å². The van der Waals surface area contributed by atoms with Crippen molar-refractivity contribution >= 4 is 44.2 Å². The molecule has 0 fully saturated rings. The number of benzene rings is 2. The van der Waals surface area contributed by atoms with Crippen LogP contribution in [0, 0.1) is 6.92 Å². The van der Waals surface area contributed by atoms with E-state index in [0.29, 0.717) is 40.3 Å². The Labute approximate surface area is 209 Å². The van der Waals surface area contributed by atoms with Crippen LogP contribution in [0.5, 0.6) is 0 Å². The van der Waals surface area contributed by atoms with Crippen LogP contribution >= 0.6 is 22.9 Å². The van der Waals surface area contributed by atoms with Crippen molar-refractivity contribution in [1.82, 2.24) is 14.5 Å². The Balaban J connectivity index is 1.78. The summed E-state index contributed by atoms with van der Waals surface area (Å²) in [7, 11) is 0. The lowest BCUT2D eigenvalue weighted by Crippen LogP contribution is -2.33. The lowest BCUT2D eigenvalue weighted by atomic mass is 10.0. The first-order valence-corrected chi connectivity index (χ1v) is 11.7. The average molecular weight is 547 g/mol. The summed E-state index contributed by atoms with van der Waals surface area (Å²) in [5.74, 6) is -1.04. The highest BCUT2D eigenvalue weighted by Crippen LogP contribution is 2.39. The fraction of sp³-hybridized carbons (Fsp3) is 0.261. The number of carbonyl (C=O) groups is 1. The molecule has 2 aromatic heterocycles. The first kappa shape index (κ1) is 26.0. The SMILES string of the molecule is Cc1ccc(Cl)c2sc(N(CCCn3ccnc3)C(=O)c3cc(C(F)(F)F)cc(C(F)(F)F)c3)nc12. The molecule has 0 unspecified atom stereocenters. The van der Waals surface area contributed by atoms with Gasteiger partial charge >= 0.3 is 12.4 Å². The van der Waals surface area contributed by atoms with Crippen LogP contribution in [0.2, 0.25) is 5.02 Å². The first-order valence-electron chi connectivity index (χ1n) is 10.5. The molecular weight excluding hydrogens is 530 g/mol. The van der Waals surface area contributed by atoms with Crippen LogP contribution < -0.4 is 4.90 Å². The van der Waals surface area contributed by atoms with Gasteiger partial charge in [0.1, 0.15) is 0 Å². The minimum atomic E-state index is -5.08. The second kappa shape index (κ2) is 9.74. The highest BCUT2D eigenvalue weighted by Gasteiger charge is 2.38. The molecule has 5 nitrogen and oxygen atoms in total. The third-order valence-corrected chi connectivity index (χ3v) is 6.89. The predicted molar refractivity (Wildman–Crippen MR) is 124 cm³/mol. The maximum atomic E-state index is 13.4. The molecule has 13 heteroatoms. The van der Waals surface area contributed by atoms with Gasteiger partial charge in [0, 0.05) is 31.0 Å². The Morgan fingerprint density at radius 3 is 2.31 bits per heavy atom. The fourth-order valence-corrected chi connectivity index (χ4v) is 4.90. The van der Waals surface area contributed by atoms with E-state index >= 15 is 0 Å². The molecule has 4 rings (SSSR count). The second-order valence-corrected chi connectivity index (χ2v) is 9.33. The largest absolute Gasteiger partial charge is 0.416 e. The topological polar surface area (TPSA) is 51.0 Å². The first-order chi connectivity index (χ1) is 16.8. The van der Waals surface area contributed by atoms with E-state index in [4.69, 9.17) is 11.6 Å². The number of alkyl halides is 6. The number of nitrogens with zero attached hydrogens (tertiary/aromatic N) is 4. The van der Waals surface area contributed by atoms with E-state index in [1.54, 1.807) is 42.3 Å². The zero-order chi connectivity index (χ0) is 26.3. The van der Waals surface area contributed by atoms with E-state index in [1.807, 2.05) is 0 Å². The molecule has 0 saturated carbocycles. The number of thiazole rings is 1. The van der Waals surface area contributed by atoms with E-state index in [9.17, 15) is 31.1 Å². The lowest BCUT2D eigenvalue weighted by Gasteiger charge is -2.21. The molecule has 0 N–H and O–H groups in total. The van der Waals surface area contributed by atoms with E-state index < -0.39 is 35.0 Å². The van der Waals surface area contributed by atoms with E-state index in [1.165, 1.54) is 0 Å². The van der Waals surface area contributed by atoms with Crippen molar-refractivity contribution < 1.29 is 31.1 Å². The molecule has 0 aliphatic carbocycles. The monoisotopic (exact) mass is 546 g/mol. The molecular formula is C23H17ClF6N4OS. The highest BCUT2D eigenvalue weighted by molar-refractivity contribution is 7.23. The smallest absolute Gasteiger partial charge is 0.337 e. The second-order valence-electron chi connectivity index (χ2n) is 7.94. The summed E-state index contributed by atoms with van der Waals surface area (Å²) in [4.78, 5) is 22.9. The van der Waals surface area contributed by atoms with Crippen LogP contribution in [-0.2, 0) is 18.9 Å². The maximum Gasteiger partial charge on any atom is 0.416 e. The van der Waals surface area contributed by atoms with Crippen LogP contribution in [0.15, 0.2) is 49.1 Å². The highest BCUT2D eigenvalue weighted by atomic mass is 35.5. The molecule has 0 atom stereocenters. The van der Waals surface area contributed by atoms with Gasteiger partial charge in [0.15, 0.2) is 5.13 Å². The number of amides is 1. The van der Waals surface area contributed by atoms with Gasteiger partial charge in [-0.2, -0.15) is 26.3 Å². The number of rotatable bonds is 6. The van der Waals surface area contributed by atoms with Gasteiger partial charge in [-0.15, -0.1) is 0 Å². The Morgan fingerprint density at radius 1 is 1.08 bits per heavy atom. The Bertz CT molecular complexity index is 1330. The predicted octanol–water partition coefficient (Wildman–Crippen LogP) is 7.23. The number of hydrogen-bond donors (Lipinski definition) is 0. The summed E-state index contributed by atoms with van der Waals surface area (Å²) < 4.78 is 82.6. The minimum Gasteiger partial charge on any atom is -0.337 e. The molecule has 1 amide bonds. The molecule has 0 aliphatic rings. The quantitative estimate of drug-likeness (QED) is 0.240. The van der Waals surface area contributed by atoms with Crippen molar-refractivity contribution in [3.63, 3.8) is 0 Å². The normalized spacial score (nSPS) is 12.3.